The van der Waals surface area contributed by atoms with Gasteiger partial charge in [-0.15, -0.1) is 0 Å². The summed E-state index contributed by atoms with van der Waals surface area (Å²) < 4.78 is 14.8. The smallest absolute Gasteiger partial charge is 0.308 e. The lowest BCUT2D eigenvalue weighted by Crippen LogP contribution is -2.12. The van der Waals surface area contributed by atoms with Gasteiger partial charge >= 0.3 is 5.97 Å². The third-order valence-corrected chi connectivity index (χ3v) is 1.98. The van der Waals surface area contributed by atoms with Gasteiger partial charge in [-0.2, -0.15) is 0 Å². The van der Waals surface area contributed by atoms with E-state index in [0.717, 1.165) is 0 Å². The minimum absolute atomic E-state index is 0.207. The first-order chi connectivity index (χ1) is 7.59. The molecule has 2 rings (SSSR count). The molecule has 0 aliphatic carbocycles. The molecule has 0 saturated heterocycles. The quantitative estimate of drug-likeness (QED) is 0.738. The number of nitrogens with two attached hydrogens (primary N) is 1. The molecule has 1 aliphatic rings. The van der Waals surface area contributed by atoms with Gasteiger partial charge < -0.3 is 19.6 Å². The number of hydrogen-bond acceptors (Lipinski definition) is 6. The van der Waals surface area contributed by atoms with Crippen molar-refractivity contribution in [2.75, 3.05) is 0 Å². The van der Waals surface area contributed by atoms with E-state index in [0.29, 0.717) is 5.76 Å². The van der Waals surface area contributed by atoms with Crippen molar-refractivity contribution in [1.29, 1.82) is 0 Å². The Morgan fingerprint density at radius 3 is 2.88 bits per heavy atom. The molecule has 0 saturated carbocycles. The fourth-order valence-electron chi connectivity index (χ4n) is 1.35. The van der Waals surface area contributed by atoms with Crippen LogP contribution in [0.2, 0.25) is 0 Å². The maximum Gasteiger partial charge on any atom is 0.308 e. The molecule has 84 valence electrons. The molecule has 0 aromatic carbocycles. The molecule has 16 heavy (non-hydrogen) atoms. The summed E-state index contributed by atoms with van der Waals surface area (Å²) in [7, 11) is 0. The number of hydrogen-bond donors (Lipinski definition) is 1. The van der Waals surface area contributed by atoms with Crippen LogP contribution < -0.4 is 5.73 Å². The Kier molecular flexibility index (Phi) is 2.40. The van der Waals surface area contributed by atoms with Crippen molar-refractivity contribution in [2.45, 2.75) is 13.0 Å². The molecular weight excluding hydrogens is 214 g/mol. The summed E-state index contributed by atoms with van der Waals surface area (Å²) in [5.41, 5.74) is 5.43. The summed E-state index contributed by atoms with van der Waals surface area (Å²) in [5, 5.41) is 0. The number of furan rings is 1. The van der Waals surface area contributed by atoms with Gasteiger partial charge in [0, 0.05) is 6.92 Å². The molecule has 0 radical (unpaired) electrons. The average Bonchev–Trinajstić information content (AvgIpc) is 2.80. The molecule has 0 spiro atoms. The summed E-state index contributed by atoms with van der Waals surface area (Å²) in [6.07, 6.45) is 0.441. The molecular formula is C10H9NO5. The van der Waals surface area contributed by atoms with Crippen LogP contribution in [-0.2, 0) is 19.1 Å². The van der Waals surface area contributed by atoms with Crippen molar-refractivity contribution in [2.24, 2.45) is 5.73 Å². The van der Waals surface area contributed by atoms with Gasteiger partial charge in [-0.05, 0) is 12.1 Å². The number of Topliss-reactive ketones (excluding diaryl/α,β-unsaturated/α-hetero) is 1. The zero-order valence-electron chi connectivity index (χ0n) is 8.43. The first kappa shape index (κ1) is 10.3. The lowest BCUT2D eigenvalue weighted by molar-refractivity contribution is -0.140. The van der Waals surface area contributed by atoms with Crippen LogP contribution in [0.3, 0.4) is 0 Å². The van der Waals surface area contributed by atoms with E-state index in [1.165, 1.54) is 13.2 Å². The van der Waals surface area contributed by atoms with Crippen LogP contribution in [0.25, 0.3) is 0 Å². The zero-order chi connectivity index (χ0) is 11.7. The van der Waals surface area contributed by atoms with E-state index in [4.69, 9.17) is 14.9 Å². The van der Waals surface area contributed by atoms with Gasteiger partial charge in [-0.25, -0.2) is 0 Å². The first-order valence-electron chi connectivity index (χ1n) is 4.52. The Bertz CT molecular complexity index is 460. The second-order valence-corrected chi connectivity index (χ2v) is 3.16. The lowest BCUT2D eigenvalue weighted by atomic mass is 10.2. The Morgan fingerprint density at radius 1 is 1.56 bits per heavy atom. The van der Waals surface area contributed by atoms with Crippen molar-refractivity contribution >= 4 is 11.8 Å². The fraction of sp³-hybridized carbons (Fsp3) is 0.200. The number of ether oxygens (including phenoxy) is 2. The average molecular weight is 223 g/mol. The monoisotopic (exact) mass is 223 g/mol. The largest absolute Gasteiger partial charge is 0.465 e. The second-order valence-electron chi connectivity index (χ2n) is 3.16. The highest BCUT2D eigenvalue weighted by atomic mass is 16.6. The van der Waals surface area contributed by atoms with E-state index >= 15 is 0 Å². The SMILES string of the molecule is CC(=O)OC1=C(N)OC(c2ccco2)C1=O. The Labute approximate surface area is 90.6 Å². The van der Waals surface area contributed by atoms with Crippen molar-refractivity contribution in [3.63, 3.8) is 0 Å². The number of rotatable bonds is 2. The van der Waals surface area contributed by atoms with Gasteiger partial charge in [0.05, 0.1) is 6.26 Å². The Morgan fingerprint density at radius 2 is 2.31 bits per heavy atom. The Balaban J connectivity index is 2.22. The zero-order valence-corrected chi connectivity index (χ0v) is 8.43. The number of ketones is 1. The number of carbonyl (C=O) groups is 2. The summed E-state index contributed by atoms with van der Waals surface area (Å²) >= 11 is 0. The molecule has 6 heteroatoms. The predicted molar refractivity (Wildman–Crippen MR) is 50.5 cm³/mol. The van der Waals surface area contributed by atoms with Crippen molar-refractivity contribution < 1.29 is 23.5 Å². The van der Waals surface area contributed by atoms with Gasteiger partial charge in [-0.1, -0.05) is 0 Å². The van der Waals surface area contributed by atoms with Gasteiger partial charge in [0.25, 0.3) is 5.78 Å². The van der Waals surface area contributed by atoms with Crippen LogP contribution in [0, 0.1) is 0 Å². The van der Waals surface area contributed by atoms with E-state index in [-0.39, 0.29) is 11.6 Å². The van der Waals surface area contributed by atoms with Crippen LogP contribution in [0.1, 0.15) is 18.8 Å². The molecule has 1 aromatic heterocycles. The summed E-state index contributed by atoms with van der Waals surface area (Å²) in [4.78, 5) is 22.5. The highest BCUT2D eigenvalue weighted by Gasteiger charge is 2.39. The van der Waals surface area contributed by atoms with Gasteiger partial charge in [-0.3, -0.25) is 9.59 Å². The number of carbonyl (C=O) groups excluding carboxylic acids is 2. The molecule has 0 amide bonds. The second kappa shape index (κ2) is 3.73. The van der Waals surface area contributed by atoms with Crippen LogP contribution >= 0.6 is 0 Å². The molecule has 0 bridgehead atoms. The lowest BCUT2D eigenvalue weighted by Gasteiger charge is -2.04. The van der Waals surface area contributed by atoms with Crippen molar-refractivity contribution in [1.82, 2.24) is 0 Å². The molecule has 0 fully saturated rings. The van der Waals surface area contributed by atoms with Gasteiger partial charge in [0.15, 0.2) is 5.76 Å². The van der Waals surface area contributed by atoms with E-state index in [2.05, 4.69) is 4.74 Å². The van der Waals surface area contributed by atoms with Crippen LogP contribution in [0.4, 0.5) is 0 Å². The molecule has 1 unspecified atom stereocenters. The van der Waals surface area contributed by atoms with Gasteiger partial charge in [0.2, 0.25) is 17.7 Å². The topological polar surface area (TPSA) is 91.8 Å². The highest BCUT2D eigenvalue weighted by molar-refractivity contribution is 6.01. The van der Waals surface area contributed by atoms with E-state index in [1.54, 1.807) is 12.1 Å². The highest BCUT2D eigenvalue weighted by Crippen LogP contribution is 2.31. The molecule has 2 N–H and O–H groups in total. The van der Waals surface area contributed by atoms with Crippen LogP contribution in [0.5, 0.6) is 0 Å². The molecule has 6 nitrogen and oxygen atoms in total. The number of esters is 1. The minimum atomic E-state index is -0.968. The Hall–Kier alpha value is -2.24. The summed E-state index contributed by atoms with van der Waals surface area (Å²) in [6, 6.07) is 3.19. The normalized spacial score (nSPS) is 19.8. The third-order valence-electron chi connectivity index (χ3n) is 1.98. The standard InChI is InChI=1S/C10H9NO5/c1-5(12)15-9-7(13)8(16-10(9)11)6-3-2-4-14-6/h2-4,8H,11H2,1H3. The fourth-order valence-corrected chi connectivity index (χ4v) is 1.35. The minimum Gasteiger partial charge on any atom is -0.465 e. The predicted octanol–water partition coefficient (Wildman–Crippen LogP) is 0.611. The molecule has 1 aromatic rings. The maximum atomic E-state index is 11.7. The summed E-state index contributed by atoms with van der Waals surface area (Å²) in [5.74, 6) is -1.32. The third kappa shape index (κ3) is 1.65. The van der Waals surface area contributed by atoms with Crippen molar-refractivity contribution in [3.8, 4) is 0 Å². The summed E-state index contributed by atoms with van der Waals surface area (Å²) in [6.45, 7) is 1.17. The molecule has 1 aliphatic heterocycles. The van der Waals surface area contributed by atoms with Gasteiger partial charge in [0.1, 0.15) is 0 Å². The molecule has 2 heterocycles. The maximum absolute atomic E-state index is 11.7. The van der Waals surface area contributed by atoms with Crippen LogP contribution in [-0.4, -0.2) is 11.8 Å². The van der Waals surface area contributed by atoms with Crippen LogP contribution in [0.15, 0.2) is 34.5 Å². The van der Waals surface area contributed by atoms with E-state index in [9.17, 15) is 9.59 Å². The van der Waals surface area contributed by atoms with E-state index in [1.807, 2.05) is 0 Å². The van der Waals surface area contributed by atoms with Crippen molar-refractivity contribution in [3.05, 3.63) is 35.8 Å². The van der Waals surface area contributed by atoms with E-state index < -0.39 is 17.9 Å². The molecule has 1 atom stereocenters. The first-order valence-corrected chi connectivity index (χ1v) is 4.52.